The first-order chi connectivity index (χ1) is 15.5. The topological polar surface area (TPSA) is 117 Å². The Morgan fingerprint density at radius 1 is 1.06 bits per heavy atom. The van der Waals surface area contributed by atoms with E-state index in [4.69, 9.17) is 14.2 Å². The lowest BCUT2D eigenvalue weighted by Crippen LogP contribution is -2.52. The van der Waals surface area contributed by atoms with Crippen molar-refractivity contribution in [2.75, 3.05) is 50.7 Å². The highest BCUT2D eigenvalue weighted by Gasteiger charge is 2.41. The Kier molecular flexibility index (Phi) is 9.94. The molecule has 1 saturated heterocycles. The van der Waals surface area contributed by atoms with Crippen LogP contribution in [0, 0.1) is 0 Å². The Hall–Kier alpha value is -1.50. The monoisotopic (exact) mass is 530 g/mol. The van der Waals surface area contributed by atoms with Crippen LogP contribution in [-0.4, -0.2) is 83.9 Å². The third-order valence-electron chi connectivity index (χ3n) is 5.16. The van der Waals surface area contributed by atoms with E-state index in [1.54, 1.807) is 18.2 Å². The largest absolute Gasteiger partial charge is 0.611 e. The Morgan fingerprint density at radius 3 is 2.44 bits per heavy atom. The normalized spacial score (nSPS) is 19.2. The van der Waals surface area contributed by atoms with Crippen LogP contribution in [0.3, 0.4) is 0 Å². The quantitative estimate of drug-likeness (QED) is 0.175. The van der Waals surface area contributed by atoms with E-state index in [1.807, 2.05) is 0 Å². The molecule has 2 heterocycles. The third kappa shape index (κ3) is 6.52. The van der Waals surface area contributed by atoms with Crippen LogP contribution in [0.25, 0.3) is 0 Å². The number of rotatable bonds is 13. The number of nitrogens with zero attached hydrogens (tertiary/aromatic N) is 1. The van der Waals surface area contributed by atoms with Gasteiger partial charge in [-0.1, -0.05) is 22.0 Å². The van der Waals surface area contributed by atoms with Gasteiger partial charge in [0.05, 0.1) is 46.2 Å². The highest BCUT2D eigenvalue weighted by Crippen LogP contribution is 2.32. The summed E-state index contributed by atoms with van der Waals surface area (Å²) in [6.07, 6.45) is 0.488. The average Bonchev–Trinajstić information content (AvgIpc) is 3.11. The molecule has 176 valence electrons. The summed E-state index contributed by atoms with van der Waals surface area (Å²) in [5.74, 6) is -0.778. The molecule has 1 aromatic carbocycles. The number of benzene rings is 1. The second-order valence-corrected chi connectivity index (χ2v) is 9.59. The maximum Gasteiger partial charge on any atom is 0.255 e. The Labute approximate surface area is 198 Å². The second-order valence-electron chi connectivity index (χ2n) is 7.26. The molecular weight excluding hydrogens is 504 g/mol. The Morgan fingerprint density at radius 2 is 1.75 bits per heavy atom. The van der Waals surface area contributed by atoms with Gasteiger partial charge in [0, 0.05) is 22.9 Å². The first-order valence-electron chi connectivity index (χ1n) is 10.5. The van der Waals surface area contributed by atoms with Gasteiger partial charge >= 0.3 is 0 Å². The summed E-state index contributed by atoms with van der Waals surface area (Å²) in [7, 11) is 0. The van der Waals surface area contributed by atoms with Gasteiger partial charge in [0.2, 0.25) is 11.8 Å². The Bertz CT molecular complexity index is 825. The summed E-state index contributed by atoms with van der Waals surface area (Å²) in [4.78, 5) is 38.5. The smallest absolute Gasteiger partial charge is 0.255 e. The van der Waals surface area contributed by atoms with Crippen LogP contribution in [-0.2, 0) is 41.5 Å². The van der Waals surface area contributed by atoms with Crippen LogP contribution in [0.5, 0.6) is 0 Å². The molecule has 11 heteroatoms. The lowest BCUT2D eigenvalue weighted by Gasteiger charge is -2.29. The van der Waals surface area contributed by atoms with Crippen molar-refractivity contribution in [2.24, 2.45) is 0 Å². The van der Waals surface area contributed by atoms with Gasteiger partial charge in [0.25, 0.3) is 5.91 Å². The van der Waals surface area contributed by atoms with Gasteiger partial charge in [-0.2, -0.15) is 0 Å². The maximum atomic E-state index is 12.9. The van der Waals surface area contributed by atoms with Crippen molar-refractivity contribution in [1.82, 2.24) is 10.2 Å². The van der Waals surface area contributed by atoms with Gasteiger partial charge in [0.1, 0.15) is 11.8 Å². The van der Waals surface area contributed by atoms with Crippen molar-refractivity contribution in [2.45, 2.75) is 30.3 Å². The third-order valence-corrected chi connectivity index (χ3v) is 6.90. The maximum absolute atomic E-state index is 12.9. The molecule has 0 aromatic heterocycles. The molecule has 32 heavy (non-hydrogen) atoms. The predicted molar refractivity (Wildman–Crippen MR) is 120 cm³/mol. The van der Waals surface area contributed by atoms with Crippen molar-refractivity contribution in [3.8, 4) is 0 Å². The number of carbonyl (C=O) groups is 3. The summed E-state index contributed by atoms with van der Waals surface area (Å²) in [6.45, 7) is 2.99. The highest BCUT2D eigenvalue weighted by molar-refractivity contribution is 9.09. The Balaban J connectivity index is 1.46. The van der Waals surface area contributed by atoms with Crippen LogP contribution in [0.2, 0.25) is 0 Å². The molecule has 3 rings (SSSR count). The number of amides is 3. The summed E-state index contributed by atoms with van der Waals surface area (Å²) in [5, 5.41) is 3.08. The van der Waals surface area contributed by atoms with Crippen LogP contribution in [0.15, 0.2) is 23.1 Å². The molecule has 2 aliphatic rings. The molecule has 1 aromatic rings. The van der Waals surface area contributed by atoms with Crippen molar-refractivity contribution in [1.29, 1.82) is 0 Å². The van der Waals surface area contributed by atoms with E-state index in [1.165, 1.54) is 4.90 Å². The molecule has 2 atom stereocenters. The minimum absolute atomic E-state index is 0.195. The van der Waals surface area contributed by atoms with E-state index >= 15 is 0 Å². The molecule has 0 spiro atoms. The average molecular weight is 531 g/mol. The van der Waals surface area contributed by atoms with Gasteiger partial charge < -0.3 is 23.7 Å². The van der Waals surface area contributed by atoms with Crippen molar-refractivity contribution < 1.29 is 33.1 Å². The van der Waals surface area contributed by atoms with E-state index in [0.29, 0.717) is 62.1 Å². The minimum Gasteiger partial charge on any atom is -0.611 e. The number of hydrogen-bond donors (Lipinski definition) is 1. The van der Waals surface area contributed by atoms with Gasteiger partial charge in [-0.3, -0.25) is 19.7 Å². The highest BCUT2D eigenvalue weighted by atomic mass is 79.9. The fourth-order valence-electron chi connectivity index (χ4n) is 3.61. The first-order valence-corrected chi connectivity index (χ1v) is 12.9. The molecule has 1 N–H and O–H groups in total. The van der Waals surface area contributed by atoms with Crippen LogP contribution in [0.4, 0.5) is 0 Å². The van der Waals surface area contributed by atoms with E-state index in [2.05, 4.69) is 21.2 Å². The zero-order valence-electron chi connectivity index (χ0n) is 17.7. The van der Waals surface area contributed by atoms with Gasteiger partial charge in [-0.15, -0.1) is 0 Å². The number of piperidine rings is 1. The second kappa shape index (κ2) is 12.7. The summed E-state index contributed by atoms with van der Waals surface area (Å²) in [5.41, 5.74) is 1.13. The zero-order chi connectivity index (χ0) is 22.9. The molecule has 0 radical (unpaired) electrons. The van der Waals surface area contributed by atoms with E-state index in [-0.39, 0.29) is 30.5 Å². The summed E-state index contributed by atoms with van der Waals surface area (Å²) >= 11 is 1.93. The molecule has 0 aliphatic carbocycles. The van der Waals surface area contributed by atoms with E-state index in [9.17, 15) is 18.9 Å². The molecule has 2 aliphatic heterocycles. The number of imide groups is 1. The first kappa shape index (κ1) is 25.1. The summed E-state index contributed by atoms with van der Waals surface area (Å²) in [6, 6.07) is 4.43. The number of nitrogens with one attached hydrogen (secondary N) is 1. The zero-order valence-corrected chi connectivity index (χ0v) is 20.1. The fraction of sp³-hybridized carbons (Fsp3) is 0.571. The van der Waals surface area contributed by atoms with Crippen molar-refractivity contribution >= 4 is 44.8 Å². The van der Waals surface area contributed by atoms with E-state index < -0.39 is 23.1 Å². The molecule has 0 bridgehead atoms. The number of halogens is 1. The minimum atomic E-state index is -1.35. The number of carbonyl (C=O) groups excluding carboxylic acids is 3. The predicted octanol–water partition coefficient (Wildman–Crippen LogP) is 1.000. The van der Waals surface area contributed by atoms with Crippen LogP contribution < -0.4 is 5.32 Å². The van der Waals surface area contributed by atoms with Gasteiger partial charge in [-0.05, 0) is 29.7 Å². The lowest BCUT2D eigenvalue weighted by atomic mass is 10.0. The number of fused-ring (bicyclic) bond motifs is 1. The molecule has 0 saturated carbocycles. The number of ether oxygens (including phenoxy) is 3. The summed E-state index contributed by atoms with van der Waals surface area (Å²) < 4.78 is 29.0. The van der Waals surface area contributed by atoms with Crippen LogP contribution in [0.1, 0.15) is 28.8 Å². The van der Waals surface area contributed by atoms with E-state index in [0.717, 1.165) is 5.33 Å². The van der Waals surface area contributed by atoms with Gasteiger partial charge in [-0.25, -0.2) is 0 Å². The molecule has 9 nitrogen and oxygen atoms in total. The van der Waals surface area contributed by atoms with Crippen LogP contribution >= 0.6 is 15.9 Å². The van der Waals surface area contributed by atoms with Crippen molar-refractivity contribution in [3.63, 3.8) is 0 Å². The van der Waals surface area contributed by atoms with Gasteiger partial charge in [0.15, 0.2) is 4.90 Å². The van der Waals surface area contributed by atoms with Crippen molar-refractivity contribution in [3.05, 3.63) is 29.3 Å². The molecular formula is C21H27BrN2O7S. The number of hydrogen-bond acceptors (Lipinski definition) is 7. The standard InChI is InChI=1S/C21H27BrN2O7S/c22-6-7-29-8-9-30-10-11-31-12-13-32(28)18-3-1-2-15-16(18)14-24(21(15)27)17-4-5-19(25)23-20(17)26/h1-3,17H,4-14H2,(H,23,25,26). The number of alkyl halides is 1. The molecule has 2 unspecified atom stereocenters. The fourth-order valence-corrected chi connectivity index (χ4v) is 5.01. The molecule has 1 fully saturated rings. The molecule has 3 amide bonds. The lowest BCUT2D eigenvalue weighted by molar-refractivity contribution is -0.136. The SMILES string of the molecule is O=C1CCC(N2Cc3c(cccc3[S+]([O-])CCOCCOCCOCCBr)C2=O)C(=O)N1.